The van der Waals surface area contributed by atoms with Gasteiger partial charge in [-0.15, -0.1) is 0 Å². The number of ether oxygens (including phenoxy) is 1. The van der Waals surface area contributed by atoms with Gasteiger partial charge < -0.3 is 14.4 Å². The number of unbranched alkanes of at least 4 members (excludes halogenated alkanes) is 1. The van der Waals surface area contributed by atoms with Gasteiger partial charge in [0, 0.05) is 41.2 Å². The van der Waals surface area contributed by atoms with Crippen LogP contribution in [-0.2, 0) is 11.3 Å². The van der Waals surface area contributed by atoms with Gasteiger partial charge in [0.05, 0.1) is 14.0 Å². The fraction of sp³-hybridized carbons (Fsp3) is 0.238. The largest absolute Gasteiger partial charge is 0.497 e. The van der Waals surface area contributed by atoms with Crippen LogP contribution in [0.5, 0.6) is 5.75 Å². The summed E-state index contributed by atoms with van der Waals surface area (Å²) in [6.07, 6.45) is 0.433. The zero-order chi connectivity index (χ0) is 22.9. The van der Waals surface area contributed by atoms with Crippen molar-refractivity contribution in [3.63, 3.8) is 0 Å². The monoisotopic (exact) mass is 356 g/mol. The van der Waals surface area contributed by atoms with E-state index in [9.17, 15) is 9.59 Å². The molecular weight excluding hydrogens is 330 g/mol. The van der Waals surface area contributed by atoms with Gasteiger partial charge in [0.2, 0.25) is 0 Å². The number of carbonyl (C=O) groups excluding carboxylic acids is 1. The molecule has 2 aromatic carbocycles. The Morgan fingerprint density at radius 3 is 2.58 bits per heavy atom. The summed E-state index contributed by atoms with van der Waals surface area (Å²) >= 11 is 0. The lowest BCUT2D eigenvalue weighted by atomic mass is 10.0. The molecule has 1 aromatic heterocycles. The van der Waals surface area contributed by atoms with Crippen molar-refractivity contribution >= 4 is 22.7 Å². The molecular formula is C21H21NO4. The van der Waals surface area contributed by atoms with Crippen molar-refractivity contribution in [2.75, 3.05) is 7.11 Å². The lowest BCUT2D eigenvalue weighted by molar-refractivity contribution is -0.137. The van der Waals surface area contributed by atoms with E-state index in [1.165, 1.54) is 23.8 Å². The van der Waals surface area contributed by atoms with E-state index in [0.29, 0.717) is 18.6 Å². The summed E-state index contributed by atoms with van der Waals surface area (Å²) in [5.41, 5.74) is 0.222. The molecule has 5 heteroatoms. The Morgan fingerprint density at radius 1 is 1.15 bits per heavy atom. The Hall–Kier alpha value is -3.08. The summed E-state index contributed by atoms with van der Waals surface area (Å²) < 4.78 is 47.7. The summed E-state index contributed by atoms with van der Waals surface area (Å²) in [5, 5.41) is 8.82. The summed E-state index contributed by atoms with van der Waals surface area (Å²) in [6, 6.07) is 4.59. The first kappa shape index (κ1) is 12.3. The Morgan fingerprint density at radius 2 is 1.88 bits per heavy atom. The zero-order valence-corrected chi connectivity index (χ0v) is 14.3. The maximum absolute atomic E-state index is 13.3. The molecule has 5 nitrogen and oxygen atoms in total. The van der Waals surface area contributed by atoms with Crippen LogP contribution in [0.3, 0.4) is 0 Å². The topological polar surface area (TPSA) is 68.5 Å². The average molecular weight is 356 g/mol. The highest BCUT2D eigenvalue weighted by Crippen LogP contribution is 2.25. The fourth-order valence-corrected chi connectivity index (χ4v) is 2.70. The van der Waals surface area contributed by atoms with Crippen molar-refractivity contribution in [1.29, 1.82) is 0 Å². The smallest absolute Gasteiger partial charge is 0.303 e. The fourth-order valence-electron chi connectivity index (χ4n) is 2.70. The summed E-state index contributed by atoms with van der Waals surface area (Å²) in [7, 11) is 1.49. The third-order valence-corrected chi connectivity index (χ3v) is 4.04. The quantitative estimate of drug-likeness (QED) is 0.487. The summed E-state index contributed by atoms with van der Waals surface area (Å²) in [6.45, 7) is 0.153. The molecule has 0 radical (unpaired) electrons. The van der Waals surface area contributed by atoms with E-state index in [1.54, 1.807) is 12.1 Å². The molecule has 0 saturated carbocycles. The number of hydrogen-bond acceptors (Lipinski definition) is 3. The molecule has 0 spiro atoms. The van der Waals surface area contributed by atoms with Gasteiger partial charge in [-0.25, -0.2) is 0 Å². The Kier molecular flexibility index (Phi) is 3.72. The highest BCUT2D eigenvalue weighted by molar-refractivity contribution is 6.16. The predicted molar refractivity (Wildman–Crippen MR) is 99.9 cm³/mol. The van der Waals surface area contributed by atoms with Crippen LogP contribution in [-0.4, -0.2) is 28.5 Å². The van der Waals surface area contributed by atoms with E-state index in [2.05, 4.69) is 0 Å². The molecule has 1 N–H and O–H groups in total. The maximum Gasteiger partial charge on any atom is 0.303 e. The average Bonchev–Trinajstić information content (AvgIpc) is 3.05. The molecule has 0 atom stereocenters. The first-order valence-corrected chi connectivity index (χ1v) is 8.18. The first-order valence-electron chi connectivity index (χ1n) is 10.7. The number of hydrogen-bond donors (Lipinski definition) is 1. The van der Waals surface area contributed by atoms with Crippen molar-refractivity contribution < 1.29 is 26.3 Å². The molecule has 0 unspecified atom stereocenters. The van der Waals surface area contributed by atoms with Crippen LogP contribution in [0.25, 0.3) is 10.9 Å². The van der Waals surface area contributed by atoms with Gasteiger partial charge in [-0.05, 0) is 43.1 Å². The number of nitrogens with zero attached hydrogens (tertiary/aromatic N) is 1. The minimum atomic E-state index is -0.944. The standard InChI is InChI=1S/C21H21NO4/c1-26-16-11-9-15(10-12-16)21(25)18-14-22(13-5-4-8-20(23)24)19-7-3-2-6-17(18)19/h2-3,6-7,9-12,14H,4-5,8,13H2,1H3,(H,23,24)/i2D,3D,6D,7D,14D. The van der Waals surface area contributed by atoms with E-state index < -0.39 is 23.8 Å². The van der Waals surface area contributed by atoms with E-state index in [0.717, 1.165) is 0 Å². The van der Waals surface area contributed by atoms with E-state index in [1.807, 2.05) is 0 Å². The first-order chi connectivity index (χ1) is 14.7. The van der Waals surface area contributed by atoms with Gasteiger partial charge in [-0.3, -0.25) is 9.59 Å². The van der Waals surface area contributed by atoms with Gasteiger partial charge in [0.1, 0.15) is 5.75 Å². The number of benzene rings is 2. The number of aliphatic carboxylic acids is 1. The maximum atomic E-state index is 13.3. The summed E-state index contributed by atoms with van der Waals surface area (Å²) in [4.78, 5) is 24.0. The lowest BCUT2D eigenvalue weighted by Crippen LogP contribution is -2.01. The molecule has 0 fully saturated rings. The van der Waals surface area contributed by atoms with E-state index in [4.69, 9.17) is 16.7 Å². The van der Waals surface area contributed by atoms with Crippen molar-refractivity contribution in [2.45, 2.75) is 25.8 Å². The van der Waals surface area contributed by atoms with Crippen LogP contribution in [0.1, 0.15) is 42.0 Å². The minimum Gasteiger partial charge on any atom is -0.497 e. The van der Waals surface area contributed by atoms with Gasteiger partial charge in [0.25, 0.3) is 0 Å². The van der Waals surface area contributed by atoms with Gasteiger partial charge >= 0.3 is 5.97 Å². The van der Waals surface area contributed by atoms with Crippen molar-refractivity contribution in [1.82, 2.24) is 4.57 Å². The second kappa shape index (κ2) is 7.87. The minimum absolute atomic E-state index is 0.00458. The van der Waals surface area contributed by atoms with E-state index in [-0.39, 0.29) is 53.3 Å². The van der Waals surface area contributed by atoms with Crippen LogP contribution < -0.4 is 4.74 Å². The van der Waals surface area contributed by atoms with Crippen molar-refractivity contribution in [2.24, 2.45) is 0 Å². The predicted octanol–water partition coefficient (Wildman–Crippen LogP) is 4.14. The van der Waals surface area contributed by atoms with Gasteiger partial charge in [-0.2, -0.15) is 0 Å². The number of carbonyl (C=O) groups is 2. The number of rotatable bonds is 8. The molecule has 0 amide bonds. The Balaban J connectivity index is 2.19. The lowest BCUT2D eigenvalue weighted by Gasteiger charge is -2.04. The highest BCUT2D eigenvalue weighted by Gasteiger charge is 2.16. The molecule has 134 valence electrons. The van der Waals surface area contributed by atoms with Crippen LogP contribution in [0.4, 0.5) is 0 Å². The molecule has 0 aliphatic heterocycles. The number of carboxylic acids is 1. The van der Waals surface area contributed by atoms with Crippen molar-refractivity contribution in [3.05, 3.63) is 65.7 Å². The Bertz CT molecular complexity index is 1170. The van der Waals surface area contributed by atoms with Crippen LogP contribution >= 0.6 is 0 Å². The second-order valence-corrected chi connectivity index (χ2v) is 5.77. The SMILES string of the molecule is [2H]c1c([2H])c([2H])c2c(c1[2H])c(C(=O)c1ccc(OC)cc1)c([2H])n2CCCCC(=O)O. The number of aromatic nitrogens is 1. The molecule has 3 aromatic rings. The normalized spacial score (nSPS) is 13.5. The van der Waals surface area contributed by atoms with Gasteiger partial charge in [-0.1, -0.05) is 18.1 Å². The third-order valence-electron chi connectivity index (χ3n) is 4.04. The number of aryl methyl sites for hydroxylation is 1. The molecule has 0 aliphatic carbocycles. The number of methoxy groups -OCH3 is 1. The Labute approximate surface area is 158 Å². The number of para-hydroxylation sites is 1. The molecule has 26 heavy (non-hydrogen) atoms. The number of fused-ring (bicyclic) bond motifs is 1. The molecule has 3 rings (SSSR count). The molecule has 0 saturated heterocycles. The number of carboxylic acid groups (broad SMARTS) is 1. The van der Waals surface area contributed by atoms with Gasteiger partial charge in [0.15, 0.2) is 5.78 Å². The highest BCUT2D eigenvalue weighted by atomic mass is 16.5. The zero-order valence-electron chi connectivity index (χ0n) is 19.3. The van der Waals surface area contributed by atoms with E-state index >= 15 is 0 Å². The van der Waals surface area contributed by atoms with Crippen LogP contribution in [0.2, 0.25) is 0 Å². The molecule has 0 aliphatic rings. The third kappa shape index (κ3) is 3.77. The summed E-state index contributed by atoms with van der Waals surface area (Å²) in [5.74, 6) is -0.932. The van der Waals surface area contributed by atoms with Crippen LogP contribution in [0.15, 0.2) is 54.6 Å². The van der Waals surface area contributed by atoms with Crippen LogP contribution in [0, 0.1) is 0 Å². The number of ketones is 1. The van der Waals surface area contributed by atoms with Crippen molar-refractivity contribution in [3.8, 4) is 5.75 Å². The molecule has 0 bridgehead atoms. The molecule has 1 heterocycles. The second-order valence-electron chi connectivity index (χ2n) is 5.77.